The fourth-order valence-electron chi connectivity index (χ4n) is 1.63. The number of nitrogens with zero attached hydrogens (tertiary/aromatic N) is 1. The summed E-state index contributed by atoms with van der Waals surface area (Å²) in [4.78, 5) is 1.08. The topological polar surface area (TPSA) is 35.3 Å². The Balaban J connectivity index is 1.68. The van der Waals surface area contributed by atoms with E-state index in [0.717, 1.165) is 10.6 Å². The lowest BCUT2D eigenvalue weighted by molar-refractivity contribution is 0.249. The monoisotopic (exact) mass is 291 g/mol. The Morgan fingerprint density at radius 3 is 2.95 bits per heavy atom. The maximum absolute atomic E-state index is 5.88. The summed E-state index contributed by atoms with van der Waals surface area (Å²) in [6, 6.07) is 13.1. The Kier molecular flexibility index (Phi) is 3.53. The van der Waals surface area contributed by atoms with Gasteiger partial charge in [0.1, 0.15) is 18.1 Å². The molecule has 96 valence electrons. The van der Waals surface area contributed by atoms with E-state index in [1.165, 1.54) is 0 Å². The highest BCUT2D eigenvalue weighted by Crippen LogP contribution is 2.25. The molecule has 2 heterocycles. The van der Waals surface area contributed by atoms with Crippen LogP contribution in [0, 0.1) is 0 Å². The van der Waals surface area contributed by atoms with Gasteiger partial charge in [0.2, 0.25) is 0 Å². The molecule has 0 unspecified atom stereocenters. The van der Waals surface area contributed by atoms with Crippen molar-refractivity contribution >= 4 is 22.9 Å². The van der Waals surface area contributed by atoms with Crippen molar-refractivity contribution in [3.63, 3.8) is 0 Å². The Morgan fingerprint density at radius 2 is 2.16 bits per heavy atom. The van der Waals surface area contributed by atoms with Gasteiger partial charge in [-0.15, -0.1) is 11.3 Å². The van der Waals surface area contributed by atoms with Gasteiger partial charge in [-0.1, -0.05) is 28.9 Å². The fraction of sp³-hybridized carbons (Fsp3) is 0.0714. The molecule has 2 aromatic heterocycles. The molecule has 5 heteroatoms. The van der Waals surface area contributed by atoms with Crippen LogP contribution in [0.15, 0.2) is 52.4 Å². The largest absolute Gasteiger partial charge is 0.485 e. The SMILES string of the molecule is Clc1cccc(OCc2cc(-c3cccs3)no2)c1. The highest BCUT2D eigenvalue weighted by molar-refractivity contribution is 7.13. The predicted molar refractivity (Wildman–Crippen MR) is 75.6 cm³/mol. The van der Waals surface area contributed by atoms with E-state index in [-0.39, 0.29) is 0 Å². The van der Waals surface area contributed by atoms with E-state index in [2.05, 4.69) is 5.16 Å². The molecule has 0 aliphatic rings. The van der Waals surface area contributed by atoms with Crippen LogP contribution in [0.3, 0.4) is 0 Å². The summed E-state index contributed by atoms with van der Waals surface area (Å²) in [6.07, 6.45) is 0. The molecule has 3 rings (SSSR count). The number of ether oxygens (including phenoxy) is 1. The van der Waals surface area contributed by atoms with E-state index in [0.29, 0.717) is 23.1 Å². The van der Waals surface area contributed by atoms with Crippen molar-refractivity contribution in [3.05, 3.63) is 58.6 Å². The summed E-state index contributed by atoms with van der Waals surface area (Å²) >= 11 is 7.51. The zero-order valence-corrected chi connectivity index (χ0v) is 11.4. The molecule has 1 aromatic carbocycles. The van der Waals surface area contributed by atoms with Gasteiger partial charge in [-0.3, -0.25) is 0 Å². The average Bonchev–Trinajstić information content (AvgIpc) is 3.07. The molecule has 3 nitrogen and oxygen atoms in total. The highest BCUT2D eigenvalue weighted by Gasteiger charge is 2.07. The zero-order valence-electron chi connectivity index (χ0n) is 9.88. The molecule has 0 spiro atoms. The number of aromatic nitrogens is 1. The van der Waals surface area contributed by atoms with Crippen LogP contribution in [0.25, 0.3) is 10.6 Å². The molecule has 0 bridgehead atoms. The van der Waals surface area contributed by atoms with E-state index < -0.39 is 0 Å². The van der Waals surface area contributed by atoms with E-state index in [4.69, 9.17) is 20.9 Å². The number of benzene rings is 1. The lowest BCUT2D eigenvalue weighted by Crippen LogP contribution is -1.93. The number of hydrogen-bond donors (Lipinski definition) is 0. The standard InChI is InChI=1S/C14H10ClNO2S/c15-10-3-1-4-11(7-10)17-9-12-8-13(16-18-12)14-5-2-6-19-14/h1-8H,9H2. The van der Waals surface area contributed by atoms with Gasteiger partial charge < -0.3 is 9.26 Å². The van der Waals surface area contributed by atoms with Crippen LogP contribution >= 0.6 is 22.9 Å². The van der Waals surface area contributed by atoms with Crippen molar-refractivity contribution < 1.29 is 9.26 Å². The maximum Gasteiger partial charge on any atom is 0.174 e. The summed E-state index contributed by atoms with van der Waals surface area (Å²) in [6.45, 7) is 0.332. The molecule has 3 aromatic rings. The third-order valence-electron chi connectivity index (χ3n) is 2.51. The molecule has 0 N–H and O–H groups in total. The molecule has 0 saturated carbocycles. The highest BCUT2D eigenvalue weighted by atomic mass is 35.5. The van der Waals surface area contributed by atoms with Gasteiger partial charge in [-0.2, -0.15) is 0 Å². The van der Waals surface area contributed by atoms with Crippen LogP contribution in [0.4, 0.5) is 0 Å². The number of halogens is 1. The molecule has 0 amide bonds. The van der Waals surface area contributed by atoms with Gasteiger partial charge >= 0.3 is 0 Å². The Bertz CT molecular complexity index is 664. The lowest BCUT2D eigenvalue weighted by atomic mass is 10.3. The predicted octanol–water partition coefficient (Wildman–Crippen LogP) is 4.64. The van der Waals surface area contributed by atoms with Crippen LogP contribution in [0.5, 0.6) is 5.75 Å². The molecule has 19 heavy (non-hydrogen) atoms. The maximum atomic E-state index is 5.88. The van der Waals surface area contributed by atoms with Crippen LogP contribution in [-0.2, 0) is 6.61 Å². The molecule has 0 radical (unpaired) electrons. The van der Waals surface area contributed by atoms with Crippen LogP contribution in [0.2, 0.25) is 5.02 Å². The number of hydrogen-bond acceptors (Lipinski definition) is 4. The minimum absolute atomic E-state index is 0.332. The first-order valence-electron chi connectivity index (χ1n) is 5.69. The van der Waals surface area contributed by atoms with Crippen molar-refractivity contribution in [3.8, 4) is 16.3 Å². The van der Waals surface area contributed by atoms with E-state index in [1.54, 1.807) is 23.5 Å². The first kappa shape index (κ1) is 12.3. The van der Waals surface area contributed by atoms with E-state index >= 15 is 0 Å². The Hall–Kier alpha value is -1.78. The third kappa shape index (κ3) is 2.97. The van der Waals surface area contributed by atoms with Crippen LogP contribution in [-0.4, -0.2) is 5.16 Å². The summed E-state index contributed by atoms with van der Waals surface area (Å²) in [7, 11) is 0. The minimum Gasteiger partial charge on any atom is -0.485 e. The van der Waals surface area contributed by atoms with Gasteiger partial charge in [-0.05, 0) is 29.6 Å². The third-order valence-corrected chi connectivity index (χ3v) is 3.64. The molecule has 0 aliphatic carbocycles. The first-order valence-corrected chi connectivity index (χ1v) is 6.95. The molecular weight excluding hydrogens is 282 g/mol. The van der Waals surface area contributed by atoms with Gasteiger partial charge in [0.15, 0.2) is 5.76 Å². The van der Waals surface area contributed by atoms with Crippen molar-refractivity contribution in [2.75, 3.05) is 0 Å². The molecule has 0 fully saturated rings. The Labute approximate surface area is 119 Å². The molecule has 0 aliphatic heterocycles. The fourth-order valence-corrected chi connectivity index (χ4v) is 2.49. The minimum atomic E-state index is 0.332. The van der Waals surface area contributed by atoms with E-state index in [9.17, 15) is 0 Å². The van der Waals surface area contributed by atoms with Crippen LogP contribution < -0.4 is 4.74 Å². The molecular formula is C14H10ClNO2S. The smallest absolute Gasteiger partial charge is 0.174 e. The van der Waals surface area contributed by atoms with Gasteiger partial charge in [0.25, 0.3) is 0 Å². The normalized spacial score (nSPS) is 10.6. The molecule has 0 atom stereocenters. The van der Waals surface area contributed by atoms with Gasteiger partial charge in [0, 0.05) is 11.1 Å². The van der Waals surface area contributed by atoms with E-state index in [1.807, 2.05) is 35.7 Å². The van der Waals surface area contributed by atoms with Crippen molar-refractivity contribution in [2.45, 2.75) is 6.61 Å². The summed E-state index contributed by atoms with van der Waals surface area (Å²) in [5.74, 6) is 1.39. The number of thiophene rings is 1. The summed E-state index contributed by atoms with van der Waals surface area (Å²) in [5.41, 5.74) is 0.833. The Morgan fingerprint density at radius 1 is 1.21 bits per heavy atom. The first-order chi connectivity index (χ1) is 9.31. The number of rotatable bonds is 4. The zero-order chi connectivity index (χ0) is 13.1. The quantitative estimate of drug-likeness (QED) is 0.702. The second-order valence-corrected chi connectivity index (χ2v) is 5.29. The second kappa shape index (κ2) is 5.47. The van der Waals surface area contributed by atoms with Crippen molar-refractivity contribution in [1.82, 2.24) is 5.16 Å². The van der Waals surface area contributed by atoms with Gasteiger partial charge in [-0.25, -0.2) is 0 Å². The molecule has 0 saturated heterocycles. The summed E-state index contributed by atoms with van der Waals surface area (Å²) < 4.78 is 10.8. The average molecular weight is 292 g/mol. The van der Waals surface area contributed by atoms with Gasteiger partial charge in [0.05, 0.1) is 4.88 Å². The van der Waals surface area contributed by atoms with Crippen LogP contribution in [0.1, 0.15) is 5.76 Å². The summed E-state index contributed by atoms with van der Waals surface area (Å²) in [5, 5.41) is 6.67. The second-order valence-electron chi connectivity index (χ2n) is 3.90. The van der Waals surface area contributed by atoms with Crippen molar-refractivity contribution in [2.24, 2.45) is 0 Å². The van der Waals surface area contributed by atoms with Crippen molar-refractivity contribution in [1.29, 1.82) is 0 Å². The lowest BCUT2D eigenvalue weighted by Gasteiger charge is -2.02.